The van der Waals surface area contributed by atoms with E-state index < -0.39 is 5.97 Å². The number of ether oxygens (including phenoxy) is 3. The number of fused-ring (bicyclic) bond motifs is 1. The van der Waals surface area contributed by atoms with Gasteiger partial charge in [-0.2, -0.15) is 0 Å². The lowest BCUT2D eigenvalue weighted by Crippen LogP contribution is -2.34. The molecule has 0 spiro atoms. The van der Waals surface area contributed by atoms with Crippen LogP contribution in [-0.2, 0) is 16.1 Å². The van der Waals surface area contributed by atoms with E-state index in [0.29, 0.717) is 30.2 Å². The van der Waals surface area contributed by atoms with Gasteiger partial charge in [-0.25, -0.2) is 4.79 Å². The molecular weight excluding hydrogens is 360 g/mol. The highest BCUT2D eigenvalue weighted by Gasteiger charge is 2.18. The third-order valence-corrected chi connectivity index (χ3v) is 4.49. The van der Waals surface area contributed by atoms with Crippen LogP contribution >= 0.6 is 0 Å². The van der Waals surface area contributed by atoms with Crippen molar-refractivity contribution in [2.75, 3.05) is 38.9 Å². The molecule has 7 heteroatoms. The summed E-state index contributed by atoms with van der Waals surface area (Å²) in [6.45, 7) is 2.70. The van der Waals surface area contributed by atoms with E-state index in [2.05, 4.69) is 0 Å². The van der Waals surface area contributed by atoms with Crippen molar-refractivity contribution in [2.45, 2.75) is 13.5 Å². The summed E-state index contributed by atoms with van der Waals surface area (Å²) in [5, 5.41) is 0. The van der Waals surface area contributed by atoms with E-state index in [-0.39, 0.29) is 19.3 Å². The van der Waals surface area contributed by atoms with Gasteiger partial charge in [0.1, 0.15) is 0 Å². The van der Waals surface area contributed by atoms with Gasteiger partial charge in [0.2, 0.25) is 6.79 Å². The van der Waals surface area contributed by atoms with Crippen molar-refractivity contribution < 1.29 is 23.8 Å². The van der Waals surface area contributed by atoms with Gasteiger partial charge in [-0.1, -0.05) is 6.07 Å². The maximum atomic E-state index is 12.5. The summed E-state index contributed by atoms with van der Waals surface area (Å²) in [5.41, 5.74) is 2.32. The van der Waals surface area contributed by atoms with Gasteiger partial charge >= 0.3 is 5.97 Å². The first-order valence-corrected chi connectivity index (χ1v) is 9.08. The number of amides is 1. The summed E-state index contributed by atoms with van der Waals surface area (Å²) < 4.78 is 15.9. The summed E-state index contributed by atoms with van der Waals surface area (Å²) in [6.07, 6.45) is 0. The summed E-state index contributed by atoms with van der Waals surface area (Å²) in [6, 6.07) is 12.6. The van der Waals surface area contributed by atoms with Gasteiger partial charge in [-0.05, 0) is 48.9 Å². The highest BCUT2D eigenvalue weighted by molar-refractivity contribution is 5.91. The Balaban J connectivity index is 1.55. The topological polar surface area (TPSA) is 68.3 Å². The van der Waals surface area contributed by atoms with Crippen molar-refractivity contribution >= 4 is 17.6 Å². The van der Waals surface area contributed by atoms with Gasteiger partial charge in [0, 0.05) is 32.9 Å². The van der Waals surface area contributed by atoms with Gasteiger partial charge in [-0.15, -0.1) is 0 Å². The van der Waals surface area contributed by atoms with Crippen molar-refractivity contribution in [1.82, 2.24) is 4.90 Å². The first kappa shape index (κ1) is 19.5. The van der Waals surface area contributed by atoms with Crippen LogP contribution in [0.1, 0.15) is 22.8 Å². The molecule has 7 nitrogen and oxygen atoms in total. The number of likely N-dealkylation sites (N-methyl/N-ethyl adjacent to an activating group) is 1. The zero-order chi connectivity index (χ0) is 20.1. The van der Waals surface area contributed by atoms with Crippen molar-refractivity contribution in [3.05, 3.63) is 53.6 Å². The summed E-state index contributed by atoms with van der Waals surface area (Å²) in [7, 11) is 3.84. The summed E-state index contributed by atoms with van der Waals surface area (Å²) in [5.74, 6) is 0.608. The first-order chi connectivity index (χ1) is 13.5. The molecule has 0 saturated carbocycles. The van der Waals surface area contributed by atoms with Crippen molar-refractivity contribution in [1.29, 1.82) is 0 Å². The number of carbonyl (C=O) groups is 2. The smallest absolute Gasteiger partial charge is 0.338 e. The fourth-order valence-corrected chi connectivity index (χ4v) is 2.83. The van der Waals surface area contributed by atoms with Gasteiger partial charge in [0.25, 0.3) is 5.91 Å². The number of rotatable bonds is 7. The third kappa shape index (κ3) is 4.54. The second-order valence-electron chi connectivity index (χ2n) is 6.61. The van der Waals surface area contributed by atoms with E-state index in [1.54, 1.807) is 17.0 Å². The molecule has 1 aliphatic heterocycles. The Bertz CT molecular complexity index is 848. The molecule has 0 fully saturated rings. The Morgan fingerprint density at radius 3 is 2.43 bits per heavy atom. The molecule has 0 radical (unpaired) electrons. The molecular formula is C21H24N2O5. The molecule has 0 unspecified atom stereocenters. The molecule has 1 heterocycles. The molecule has 148 valence electrons. The fourth-order valence-electron chi connectivity index (χ4n) is 2.83. The molecule has 0 bridgehead atoms. The van der Waals surface area contributed by atoms with Crippen molar-refractivity contribution in [3.63, 3.8) is 0 Å². The zero-order valence-corrected chi connectivity index (χ0v) is 16.3. The SMILES string of the molecule is CCN(Cc1ccc2c(c1)OCO2)C(=O)COC(=O)c1ccc(N(C)C)cc1. The maximum absolute atomic E-state index is 12.5. The Labute approximate surface area is 164 Å². The van der Waals surface area contributed by atoms with E-state index in [0.717, 1.165) is 11.3 Å². The fraction of sp³-hybridized carbons (Fsp3) is 0.333. The Morgan fingerprint density at radius 1 is 1.04 bits per heavy atom. The van der Waals surface area contributed by atoms with Crippen LogP contribution in [0.3, 0.4) is 0 Å². The second kappa shape index (κ2) is 8.65. The Morgan fingerprint density at radius 2 is 1.75 bits per heavy atom. The average Bonchev–Trinajstić information content (AvgIpc) is 3.17. The van der Waals surface area contributed by atoms with E-state index in [1.807, 2.05) is 56.3 Å². The minimum atomic E-state index is -0.516. The third-order valence-electron chi connectivity index (χ3n) is 4.49. The Kier molecular flexibility index (Phi) is 6.03. The number of esters is 1. The highest BCUT2D eigenvalue weighted by atomic mass is 16.7. The highest BCUT2D eigenvalue weighted by Crippen LogP contribution is 2.32. The van der Waals surface area contributed by atoms with E-state index in [9.17, 15) is 9.59 Å². The van der Waals surface area contributed by atoms with Gasteiger partial charge in [0.15, 0.2) is 18.1 Å². The quantitative estimate of drug-likeness (QED) is 0.684. The van der Waals surface area contributed by atoms with E-state index in [4.69, 9.17) is 14.2 Å². The average molecular weight is 384 g/mol. The first-order valence-electron chi connectivity index (χ1n) is 9.08. The van der Waals surface area contributed by atoms with Crippen LogP contribution < -0.4 is 14.4 Å². The lowest BCUT2D eigenvalue weighted by atomic mass is 10.2. The standard InChI is InChI=1S/C21H24N2O5/c1-4-23(12-15-5-10-18-19(11-15)28-14-27-18)20(24)13-26-21(25)16-6-8-17(9-7-16)22(2)3/h5-11H,4,12-14H2,1-3H3. The number of carbonyl (C=O) groups excluding carboxylic acids is 2. The minimum Gasteiger partial charge on any atom is -0.454 e. The molecule has 0 aromatic heterocycles. The van der Waals surface area contributed by atoms with Gasteiger partial charge in [-0.3, -0.25) is 4.79 Å². The lowest BCUT2D eigenvalue weighted by Gasteiger charge is -2.21. The predicted octanol–water partition coefficient (Wildman–Crippen LogP) is 2.69. The van der Waals surface area contributed by atoms with Gasteiger partial charge < -0.3 is 24.0 Å². The number of benzene rings is 2. The number of hydrogen-bond acceptors (Lipinski definition) is 6. The molecule has 0 saturated heterocycles. The maximum Gasteiger partial charge on any atom is 0.338 e. The van der Waals surface area contributed by atoms with Crippen molar-refractivity contribution in [3.8, 4) is 11.5 Å². The zero-order valence-electron chi connectivity index (χ0n) is 16.3. The summed E-state index contributed by atoms with van der Waals surface area (Å²) in [4.78, 5) is 28.2. The van der Waals surface area contributed by atoms with Crippen LogP contribution in [-0.4, -0.2) is 50.8 Å². The monoisotopic (exact) mass is 384 g/mol. The molecule has 0 aliphatic carbocycles. The van der Waals surface area contributed by atoms with Gasteiger partial charge in [0.05, 0.1) is 5.56 Å². The number of anilines is 1. The molecule has 2 aromatic carbocycles. The van der Waals surface area contributed by atoms with Crippen LogP contribution in [0.15, 0.2) is 42.5 Å². The summed E-state index contributed by atoms with van der Waals surface area (Å²) >= 11 is 0. The van der Waals surface area contributed by atoms with E-state index in [1.165, 1.54) is 0 Å². The van der Waals surface area contributed by atoms with Crippen LogP contribution in [0.4, 0.5) is 5.69 Å². The molecule has 3 rings (SSSR count). The largest absolute Gasteiger partial charge is 0.454 e. The van der Waals surface area contributed by atoms with Crippen LogP contribution in [0.25, 0.3) is 0 Å². The van der Waals surface area contributed by atoms with Crippen LogP contribution in [0, 0.1) is 0 Å². The lowest BCUT2D eigenvalue weighted by molar-refractivity contribution is -0.134. The van der Waals surface area contributed by atoms with Crippen LogP contribution in [0.2, 0.25) is 0 Å². The normalized spacial score (nSPS) is 11.8. The molecule has 0 atom stereocenters. The molecule has 1 aliphatic rings. The minimum absolute atomic E-state index is 0.209. The molecule has 28 heavy (non-hydrogen) atoms. The second-order valence-corrected chi connectivity index (χ2v) is 6.61. The molecule has 0 N–H and O–H groups in total. The molecule has 1 amide bonds. The molecule has 2 aromatic rings. The predicted molar refractivity (Wildman–Crippen MR) is 105 cm³/mol. The number of hydrogen-bond donors (Lipinski definition) is 0. The van der Waals surface area contributed by atoms with Crippen LogP contribution in [0.5, 0.6) is 11.5 Å². The Hall–Kier alpha value is -3.22. The number of nitrogens with zero attached hydrogens (tertiary/aromatic N) is 2. The van der Waals surface area contributed by atoms with Crippen molar-refractivity contribution in [2.24, 2.45) is 0 Å². The van der Waals surface area contributed by atoms with E-state index >= 15 is 0 Å².